The van der Waals surface area contributed by atoms with Crippen molar-refractivity contribution in [2.45, 2.75) is 32.0 Å². The standard InChI is InChI=1S/C16H18N4S2/c1-3-15(10-20-7-2-5-17-20)19(6-1)9-14-12-22-16(18-14)13-4-8-21-11-13/h2,4-5,7-8,11-12,15H,1,3,6,9-10H2/t15-/m0/s1. The summed E-state index contributed by atoms with van der Waals surface area (Å²) in [6, 6.07) is 4.71. The average molecular weight is 330 g/mol. The molecule has 0 radical (unpaired) electrons. The van der Waals surface area contributed by atoms with E-state index in [2.05, 4.69) is 32.2 Å². The quantitative estimate of drug-likeness (QED) is 0.715. The third kappa shape index (κ3) is 2.99. The van der Waals surface area contributed by atoms with Crippen molar-refractivity contribution >= 4 is 22.7 Å². The van der Waals surface area contributed by atoms with Gasteiger partial charge in [-0.1, -0.05) is 0 Å². The molecule has 1 aliphatic heterocycles. The predicted octanol–water partition coefficient (Wildman–Crippen LogP) is 3.73. The molecule has 0 bridgehead atoms. The van der Waals surface area contributed by atoms with E-state index in [0.29, 0.717) is 6.04 Å². The maximum Gasteiger partial charge on any atom is 0.124 e. The Bertz CT molecular complexity index is 702. The van der Waals surface area contributed by atoms with Crippen LogP contribution in [-0.2, 0) is 13.1 Å². The third-order valence-electron chi connectivity index (χ3n) is 4.14. The molecule has 3 aromatic heterocycles. The van der Waals surface area contributed by atoms with Gasteiger partial charge in [0.25, 0.3) is 0 Å². The van der Waals surface area contributed by atoms with Gasteiger partial charge in [0.05, 0.1) is 12.2 Å². The molecule has 1 atom stereocenters. The Morgan fingerprint density at radius 2 is 2.32 bits per heavy atom. The minimum atomic E-state index is 0.575. The molecule has 0 aliphatic carbocycles. The molecule has 6 heteroatoms. The van der Waals surface area contributed by atoms with Crippen LogP contribution in [0.1, 0.15) is 18.5 Å². The molecule has 114 valence electrons. The first-order chi connectivity index (χ1) is 10.9. The molecular weight excluding hydrogens is 312 g/mol. The second-order valence-corrected chi connectivity index (χ2v) is 7.29. The highest BCUT2D eigenvalue weighted by molar-refractivity contribution is 7.14. The molecule has 22 heavy (non-hydrogen) atoms. The summed E-state index contributed by atoms with van der Waals surface area (Å²) in [6.45, 7) is 3.10. The molecule has 4 nitrogen and oxygen atoms in total. The second-order valence-electron chi connectivity index (χ2n) is 5.65. The fraction of sp³-hybridized carbons (Fsp3) is 0.375. The smallest absolute Gasteiger partial charge is 0.124 e. The van der Waals surface area contributed by atoms with Crippen molar-refractivity contribution in [3.05, 3.63) is 46.4 Å². The van der Waals surface area contributed by atoms with Crippen LogP contribution in [0, 0.1) is 0 Å². The van der Waals surface area contributed by atoms with Crippen LogP contribution in [0.15, 0.2) is 40.7 Å². The molecule has 1 aliphatic rings. The van der Waals surface area contributed by atoms with E-state index in [-0.39, 0.29) is 0 Å². The summed E-state index contributed by atoms with van der Waals surface area (Å²) in [5.74, 6) is 0. The maximum atomic E-state index is 4.81. The Hall–Kier alpha value is -1.50. The Balaban J connectivity index is 1.44. The lowest BCUT2D eigenvalue weighted by atomic mass is 10.2. The molecule has 1 saturated heterocycles. The average Bonchev–Trinajstić information content (AvgIpc) is 3.28. The first-order valence-electron chi connectivity index (χ1n) is 7.57. The number of nitrogens with zero attached hydrogens (tertiary/aromatic N) is 4. The van der Waals surface area contributed by atoms with Crippen LogP contribution < -0.4 is 0 Å². The van der Waals surface area contributed by atoms with Gasteiger partial charge in [-0.05, 0) is 36.9 Å². The van der Waals surface area contributed by atoms with Gasteiger partial charge < -0.3 is 0 Å². The third-order valence-corrected chi connectivity index (χ3v) is 5.76. The Kier molecular flexibility index (Phi) is 4.05. The highest BCUT2D eigenvalue weighted by atomic mass is 32.1. The maximum absolute atomic E-state index is 4.81. The summed E-state index contributed by atoms with van der Waals surface area (Å²) < 4.78 is 2.04. The predicted molar refractivity (Wildman–Crippen MR) is 91.1 cm³/mol. The largest absolute Gasteiger partial charge is 0.293 e. The van der Waals surface area contributed by atoms with E-state index in [1.165, 1.54) is 24.1 Å². The van der Waals surface area contributed by atoms with Gasteiger partial charge in [0.2, 0.25) is 0 Å². The fourth-order valence-corrected chi connectivity index (χ4v) is 4.56. The van der Waals surface area contributed by atoms with Gasteiger partial charge in [0.15, 0.2) is 0 Å². The Labute approximate surface area is 138 Å². The van der Waals surface area contributed by atoms with Gasteiger partial charge in [-0.2, -0.15) is 16.4 Å². The van der Waals surface area contributed by atoms with Gasteiger partial charge in [0, 0.05) is 41.3 Å². The van der Waals surface area contributed by atoms with Gasteiger partial charge in [-0.3, -0.25) is 9.58 Å². The van der Waals surface area contributed by atoms with Crippen molar-refractivity contribution in [1.82, 2.24) is 19.7 Å². The summed E-state index contributed by atoms with van der Waals surface area (Å²) >= 11 is 3.47. The molecule has 4 rings (SSSR count). The topological polar surface area (TPSA) is 34.0 Å². The number of hydrogen-bond donors (Lipinski definition) is 0. The van der Waals surface area contributed by atoms with E-state index in [1.807, 2.05) is 23.1 Å². The van der Waals surface area contributed by atoms with E-state index < -0.39 is 0 Å². The molecule has 0 aromatic carbocycles. The lowest BCUT2D eigenvalue weighted by Gasteiger charge is -2.23. The van der Waals surface area contributed by atoms with Crippen LogP contribution in [0.2, 0.25) is 0 Å². The molecule has 0 saturated carbocycles. The highest BCUT2D eigenvalue weighted by Gasteiger charge is 2.25. The molecule has 4 heterocycles. The zero-order chi connectivity index (χ0) is 14.8. The highest BCUT2D eigenvalue weighted by Crippen LogP contribution is 2.27. The van der Waals surface area contributed by atoms with Crippen molar-refractivity contribution in [3.63, 3.8) is 0 Å². The molecule has 0 spiro atoms. The van der Waals surface area contributed by atoms with Gasteiger partial charge >= 0.3 is 0 Å². The lowest BCUT2D eigenvalue weighted by molar-refractivity contribution is 0.217. The van der Waals surface area contributed by atoms with Crippen LogP contribution in [-0.4, -0.2) is 32.3 Å². The number of thiazole rings is 1. The first kappa shape index (κ1) is 14.1. The SMILES string of the molecule is c1cnn(C[C@@H]2CCCN2Cc2csc(-c3ccsc3)n2)c1. The monoisotopic (exact) mass is 330 g/mol. The van der Waals surface area contributed by atoms with Crippen LogP contribution in [0.4, 0.5) is 0 Å². The summed E-state index contributed by atoms with van der Waals surface area (Å²) in [5, 5.41) is 12.0. The van der Waals surface area contributed by atoms with Crippen molar-refractivity contribution in [2.75, 3.05) is 6.54 Å². The van der Waals surface area contributed by atoms with Crippen molar-refractivity contribution in [3.8, 4) is 10.6 Å². The second kappa shape index (κ2) is 6.32. The Morgan fingerprint density at radius 1 is 1.32 bits per heavy atom. The number of rotatable bonds is 5. The molecule has 0 unspecified atom stereocenters. The van der Waals surface area contributed by atoms with E-state index in [1.54, 1.807) is 22.7 Å². The van der Waals surface area contributed by atoms with Crippen LogP contribution in [0.3, 0.4) is 0 Å². The normalized spacial score (nSPS) is 19.0. The van der Waals surface area contributed by atoms with Crippen molar-refractivity contribution < 1.29 is 0 Å². The molecule has 0 amide bonds. The van der Waals surface area contributed by atoms with Crippen LogP contribution in [0.5, 0.6) is 0 Å². The number of thiophene rings is 1. The minimum absolute atomic E-state index is 0.575. The van der Waals surface area contributed by atoms with E-state index >= 15 is 0 Å². The summed E-state index contributed by atoms with van der Waals surface area (Å²) in [5.41, 5.74) is 2.44. The zero-order valence-electron chi connectivity index (χ0n) is 12.3. The minimum Gasteiger partial charge on any atom is -0.293 e. The number of hydrogen-bond acceptors (Lipinski definition) is 5. The summed E-state index contributed by atoms with van der Waals surface area (Å²) in [6.07, 6.45) is 6.43. The zero-order valence-corrected chi connectivity index (χ0v) is 13.9. The van der Waals surface area contributed by atoms with Gasteiger partial charge in [0.1, 0.15) is 5.01 Å². The van der Waals surface area contributed by atoms with Crippen LogP contribution >= 0.6 is 22.7 Å². The molecular formula is C16H18N4S2. The number of likely N-dealkylation sites (tertiary alicyclic amines) is 1. The van der Waals surface area contributed by atoms with Crippen LogP contribution in [0.25, 0.3) is 10.6 Å². The molecule has 0 N–H and O–H groups in total. The molecule has 1 fully saturated rings. The van der Waals surface area contributed by atoms with E-state index in [9.17, 15) is 0 Å². The van der Waals surface area contributed by atoms with E-state index in [0.717, 1.165) is 24.6 Å². The lowest BCUT2D eigenvalue weighted by Crippen LogP contribution is -2.32. The van der Waals surface area contributed by atoms with Crippen molar-refractivity contribution in [2.24, 2.45) is 0 Å². The molecule has 3 aromatic rings. The summed E-state index contributed by atoms with van der Waals surface area (Å²) in [4.78, 5) is 7.36. The van der Waals surface area contributed by atoms with Gasteiger partial charge in [-0.15, -0.1) is 11.3 Å². The van der Waals surface area contributed by atoms with Gasteiger partial charge in [-0.25, -0.2) is 4.98 Å². The number of aromatic nitrogens is 3. The fourth-order valence-electron chi connectivity index (χ4n) is 3.04. The Morgan fingerprint density at radius 3 is 3.14 bits per heavy atom. The first-order valence-corrected chi connectivity index (χ1v) is 9.39. The van der Waals surface area contributed by atoms with E-state index in [4.69, 9.17) is 4.98 Å². The summed E-state index contributed by atoms with van der Waals surface area (Å²) in [7, 11) is 0. The van der Waals surface area contributed by atoms with Crippen molar-refractivity contribution in [1.29, 1.82) is 0 Å².